The normalized spacial score (nSPS) is 11.3. The Kier molecular flexibility index (Phi) is 22.2. The summed E-state index contributed by atoms with van der Waals surface area (Å²) in [4.78, 5) is 0. The molecule has 0 amide bonds. The molecule has 0 radical (unpaired) electrons. The van der Waals surface area contributed by atoms with Crippen molar-refractivity contribution >= 4 is 0 Å². The van der Waals surface area contributed by atoms with E-state index in [0.29, 0.717) is 0 Å². The van der Waals surface area contributed by atoms with Crippen molar-refractivity contribution in [2.24, 2.45) is 0 Å². The molecule has 0 aliphatic heterocycles. The minimum atomic E-state index is 1.19. The standard InChI is InChI=1S/C32H60N/c1-3-5-7-9-11-13-14-15-16-17-18-19-21-23-25-29-33-30-27-32(28-31-33)26-24-22-20-12-10-8-6-4-2/h27-28,30-31H,3-26,29H2,1-2H3/q+1. The first kappa shape index (κ1) is 30.2. The van der Waals surface area contributed by atoms with Crippen molar-refractivity contribution in [2.75, 3.05) is 0 Å². The summed E-state index contributed by atoms with van der Waals surface area (Å²) in [6, 6.07) is 4.71. The smallest absolute Gasteiger partial charge is 0.169 e. The van der Waals surface area contributed by atoms with E-state index >= 15 is 0 Å². The Labute approximate surface area is 209 Å². The number of hydrogen-bond acceptors (Lipinski definition) is 0. The Bertz CT molecular complexity index is 492. The molecule has 33 heavy (non-hydrogen) atoms. The van der Waals surface area contributed by atoms with Gasteiger partial charge in [-0.05, 0) is 24.8 Å². The second kappa shape index (κ2) is 24.3. The SMILES string of the molecule is CCCCCCCCCCCCCCCCC[n+]1ccc(CCCCCCCCCC)cc1. The van der Waals surface area contributed by atoms with Gasteiger partial charge in [-0.15, -0.1) is 0 Å². The van der Waals surface area contributed by atoms with Crippen LogP contribution in [0.25, 0.3) is 0 Å². The van der Waals surface area contributed by atoms with E-state index < -0.39 is 0 Å². The highest BCUT2D eigenvalue weighted by atomic mass is 14.9. The predicted molar refractivity (Wildman–Crippen MR) is 148 cm³/mol. The van der Waals surface area contributed by atoms with E-state index in [0.717, 1.165) is 0 Å². The minimum absolute atomic E-state index is 1.19. The first-order valence-electron chi connectivity index (χ1n) is 15.3. The average Bonchev–Trinajstić information content (AvgIpc) is 2.84. The summed E-state index contributed by atoms with van der Waals surface area (Å²) in [7, 11) is 0. The van der Waals surface area contributed by atoms with Crippen LogP contribution in [0.2, 0.25) is 0 Å². The van der Waals surface area contributed by atoms with E-state index in [1.54, 1.807) is 0 Å². The first-order chi connectivity index (χ1) is 16.4. The molecule has 0 saturated heterocycles. The molecule has 0 unspecified atom stereocenters. The summed E-state index contributed by atoms with van der Waals surface area (Å²) in [5, 5.41) is 0. The second-order valence-corrected chi connectivity index (χ2v) is 10.6. The molecule has 0 aliphatic rings. The van der Waals surface area contributed by atoms with E-state index in [9.17, 15) is 0 Å². The summed E-state index contributed by atoms with van der Waals surface area (Å²) in [6.07, 6.45) is 38.8. The molecule has 1 rings (SSSR count). The highest BCUT2D eigenvalue weighted by Gasteiger charge is 2.02. The maximum absolute atomic E-state index is 2.39. The Hall–Kier alpha value is -0.850. The van der Waals surface area contributed by atoms with Gasteiger partial charge in [-0.25, -0.2) is 4.57 Å². The molecule has 0 aliphatic carbocycles. The van der Waals surface area contributed by atoms with Crippen LogP contribution >= 0.6 is 0 Å². The number of pyridine rings is 1. The largest absolute Gasteiger partial charge is 0.205 e. The fourth-order valence-electron chi connectivity index (χ4n) is 4.93. The quantitative estimate of drug-likeness (QED) is 0.101. The van der Waals surface area contributed by atoms with Gasteiger partial charge >= 0.3 is 0 Å². The predicted octanol–water partition coefficient (Wildman–Crippen LogP) is 10.5. The zero-order chi connectivity index (χ0) is 23.7. The molecule has 0 N–H and O–H groups in total. The van der Waals surface area contributed by atoms with Crippen molar-refractivity contribution in [3.05, 3.63) is 30.1 Å². The number of aromatic nitrogens is 1. The Morgan fingerprint density at radius 3 is 1.15 bits per heavy atom. The van der Waals surface area contributed by atoms with Crippen LogP contribution in [0.3, 0.4) is 0 Å². The van der Waals surface area contributed by atoms with Crippen molar-refractivity contribution in [2.45, 2.75) is 174 Å². The van der Waals surface area contributed by atoms with Crippen LogP contribution < -0.4 is 4.57 Å². The van der Waals surface area contributed by atoms with Crippen LogP contribution in [0.5, 0.6) is 0 Å². The third kappa shape index (κ3) is 20.3. The molecular weight excluding hydrogens is 398 g/mol. The lowest BCUT2D eigenvalue weighted by Gasteiger charge is -2.04. The molecule has 0 spiro atoms. The Balaban J connectivity index is 1.86. The molecule has 1 heterocycles. The van der Waals surface area contributed by atoms with Crippen molar-refractivity contribution < 1.29 is 4.57 Å². The van der Waals surface area contributed by atoms with E-state index in [-0.39, 0.29) is 0 Å². The summed E-state index contributed by atoms with van der Waals surface area (Å²) >= 11 is 0. The Morgan fingerprint density at radius 2 is 0.758 bits per heavy atom. The number of aryl methyl sites for hydroxylation is 2. The van der Waals surface area contributed by atoms with E-state index in [1.807, 2.05) is 0 Å². The molecule has 0 saturated carbocycles. The van der Waals surface area contributed by atoms with Gasteiger partial charge in [0.25, 0.3) is 0 Å². The van der Waals surface area contributed by atoms with Crippen LogP contribution in [0, 0.1) is 0 Å². The van der Waals surface area contributed by atoms with E-state index in [4.69, 9.17) is 0 Å². The van der Waals surface area contributed by atoms with Crippen molar-refractivity contribution in [1.82, 2.24) is 0 Å². The van der Waals surface area contributed by atoms with E-state index in [2.05, 4.69) is 42.9 Å². The zero-order valence-corrected chi connectivity index (χ0v) is 22.9. The van der Waals surface area contributed by atoms with Gasteiger partial charge in [0.05, 0.1) is 0 Å². The van der Waals surface area contributed by atoms with Gasteiger partial charge in [0.1, 0.15) is 6.54 Å². The van der Waals surface area contributed by atoms with Gasteiger partial charge in [-0.3, -0.25) is 0 Å². The number of rotatable bonds is 25. The molecular formula is C32H60N+. The average molecular weight is 459 g/mol. The maximum Gasteiger partial charge on any atom is 0.169 e. The van der Waals surface area contributed by atoms with Crippen LogP contribution in [-0.4, -0.2) is 0 Å². The first-order valence-corrected chi connectivity index (χ1v) is 15.3. The fraction of sp³-hybridized carbons (Fsp3) is 0.844. The van der Waals surface area contributed by atoms with Gasteiger partial charge < -0.3 is 0 Å². The van der Waals surface area contributed by atoms with Crippen LogP contribution in [-0.2, 0) is 13.0 Å². The van der Waals surface area contributed by atoms with Gasteiger partial charge in [-0.2, -0.15) is 0 Å². The molecule has 0 fully saturated rings. The maximum atomic E-state index is 2.39. The van der Waals surface area contributed by atoms with Gasteiger partial charge in [0.2, 0.25) is 0 Å². The van der Waals surface area contributed by atoms with Crippen LogP contribution in [0.1, 0.15) is 167 Å². The molecule has 0 aromatic carbocycles. The lowest BCUT2D eigenvalue weighted by Crippen LogP contribution is -2.32. The lowest BCUT2D eigenvalue weighted by atomic mass is 10.0. The molecule has 1 aromatic heterocycles. The summed E-state index contributed by atoms with van der Waals surface area (Å²) in [6.45, 7) is 5.79. The molecule has 192 valence electrons. The summed E-state index contributed by atoms with van der Waals surface area (Å²) in [5.41, 5.74) is 1.52. The molecule has 1 heteroatoms. The monoisotopic (exact) mass is 458 g/mol. The number of nitrogens with zero attached hydrogens (tertiary/aromatic N) is 1. The van der Waals surface area contributed by atoms with Crippen molar-refractivity contribution in [3.63, 3.8) is 0 Å². The van der Waals surface area contributed by atoms with Crippen molar-refractivity contribution in [1.29, 1.82) is 0 Å². The van der Waals surface area contributed by atoms with Gasteiger partial charge in [-0.1, -0.05) is 142 Å². The van der Waals surface area contributed by atoms with Crippen molar-refractivity contribution in [3.8, 4) is 0 Å². The second-order valence-electron chi connectivity index (χ2n) is 10.6. The lowest BCUT2D eigenvalue weighted by molar-refractivity contribution is -0.697. The highest BCUT2D eigenvalue weighted by Crippen LogP contribution is 2.14. The summed E-state index contributed by atoms with van der Waals surface area (Å²) in [5.74, 6) is 0. The van der Waals surface area contributed by atoms with Gasteiger partial charge in [0.15, 0.2) is 12.4 Å². The highest BCUT2D eigenvalue weighted by molar-refractivity contribution is 5.07. The molecule has 1 nitrogen and oxygen atoms in total. The minimum Gasteiger partial charge on any atom is -0.205 e. The number of hydrogen-bond donors (Lipinski definition) is 0. The molecule has 0 atom stereocenters. The van der Waals surface area contributed by atoms with E-state index in [1.165, 1.54) is 166 Å². The third-order valence-electron chi connectivity index (χ3n) is 7.30. The summed E-state index contributed by atoms with van der Waals surface area (Å²) < 4.78 is 2.39. The topological polar surface area (TPSA) is 3.88 Å². The van der Waals surface area contributed by atoms with Gasteiger partial charge in [0, 0.05) is 18.6 Å². The Morgan fingerprint density at radius 1 is 0.424 bits per heavy atom. The van der Waals surface area contributed by atoms with Crippen LogP contribution in [0.4, 0.5) is 0 Å². The van der Waals surface area contributed by atoms with Crippen LogP contribution in [0.15, 0.2) is 24.5 Å². The molecule has 0 bridgehead atoms. The number of unbranched alkanes of at least 4 members (excludes halogenated alkanes) is 21. The third-order valence-corrected chi connectivity index (χ3v) is 7.30. The molecule has 1 aromatic rings. The fourth-order valence-corrected chi connectivity index (χ4v) is 4.93. The zero-order valence-electron chi connectivity index (χ0n) is 22.9.